The number of benzene rings is 3. The number of pyridine rings is 6. The minimum Gasteiger partial charge on any atom is -0.479 e. The van der Waals surface area contributed by atoms with E-state index in [4.69, 9.17) is 28.4 Å². The summed E-state index contributed by atoms with van der Waals surface area (Å²) in [6.45, 7) is 4.18. The van der Waals surface area contributed by atoms with Gasteiger partial charge in [0.15, 0.2) is 0 Å². The van der Waals surface area contributed by atoms with E-state index < -0.39 is 76.7 Å². The van der Waals surface area contributed by atoms with Crippen LogP contribution in [0.4, 0.5) is 42.9 Å². The standard InChI is InChI=1S/C13H11BrF2N2O3S.C13H13BrN2O3S.C12H17BrN2O3S.C12H11BrN2O3S.C9H11BrN2O3S.C7H9BrN2O3S/c1-2-21-13-11(5-8(14)7-17-13)18-22(19,20)12-4-3-9(15)6-10(12)16;1-2-19-13-12(8-10(14)9-15-13)16-20(17,18)11-6-4-3-5-7-11;2*1-18-12-11(7-9(13)8-14-12)15-19(16,17)10-5-3-2-4-6-10;1-15-9-8(4-6(10)5-11-9)12-16(13,14)7-2-3-7;1-13-7-6(10-14(2,11)12)3-5(8)4-9-7/h3-7,18H,2H2,1H3;3-9,16H,2H2,1H3;7-8,10,15H,2-6H2,1H3;2-8,15H,1H3;4-5,7,12H,2-3H2,1H3;3-4,10H,1-2H3. The monoisotopic (exact) mass is 2020 g/mol. The lowest BCUT2D eigenvalue weighted by Gasteiger charge is -2.22. The van der Waals surface area contributed by atoms with Crippen molar-refractivity contribution in [3.8, 4) is 35.3 Å². The molecule has 6 aromatic heterocycles. The lowest BCUT2D eigenvalue weighted by molar-refractivity contribution is 0.328. The van der Waals surface area contributed by atoms with E-state index in [1.165, 1.54) is 77.4 Å². The van der Waals surface area contributed by atoms with E-state index in [1.54, 1.807) is 99.2 Å². The maximum absolute atomic E-state index is 13.7. The molecule has 596 valence electrons. The molecule has 6 heterocycles. The number of halogens is 8. The minimum absolute atomic E-state index is 0.0416. The largest absolute Gasteiger partial charge is 0.479 e. The molecule has 0 aliphatic heterocycles. The molecule has 2 saturated carbocycles. The lowest BCUT2D eigenvalue weighted by atomic mass is 10.0. The van der Waals surface area contributed by atoms with Gasteiger partial charge in [-0.1, -0.05) is 55.7 Å². The van der Waals surface area contributed by atoms with E-state index in [1.807, 2.05) is 0 Å². The number of nitrogens with one attached hydrogen (secondary N) is 6. The maximum atomic E-state index is 13.7. The second kappa shape index (κ2) is 42.5. The molecule has 0 amide bonds. The van der Waals surface area contributed by atoms with E-state index in [9.17, 15) is 59.3 Å². The summed E-state index contributed by atoms with van der Waals surface area (Å²) in [5, 5.41) is -0.582. The Hall–Kier alpha value is -7.40. The number of ether oxygens (including phenoxy) is 6. The highest BCUT2D eigenvalue weighted by Crippen LogP contribution is 2.36. The summed E-state index contributed by atoms with van der Waals surface area (Å²) in [5.41, 5.74) is 1.67. The number of methoxy groups -OCH3 is 4. The van der Waals surface area contributed by atoms with Gasteiger partial charge >= 0.3 is 0 Å². The Kier molecular flexibility index (Phi) is 35.3. The third kappa shape index (κ3) is 29.3. The average molecular weight is 2030 g/mol. The van der Waals surface area contributed by atoms with Crippen molar-refractivity contribution >= 4 is 190 Å². The van der Waals surface area contributed by atoms with Crippen LogP contribution in [-0.2, 0) is 60.1 Å². The number of rotatable bonds is 25. The Labute approximate surface area is 687 Å². The smallest absolute Gasteiger partial charge is 0.264 e. The Balaban J connectivity index is 0.000000207. The summed E-state index contributed by atoms with van der Waals surface area (Å²) in [7, 11) is -15.8. The van der Waals surface area contributed by atoms with Crippen molar-refractivity contribution in [1.29, 1.82) is 0 Å². The molecule has 44 heteroatoms. The van der Waals surface area contributed by atoms with E-state index in [0.717, 1.165) is 63.3 Å². The predicted molar refractivity (Wildman–Crippen MR) is 435 cm³/mol. The van der Waals surface area contributed by atoms with E-state index in [2.05, 4.69) is 154 Å². The highest BCUT2D eigenvalue weighted by molar-refractivity contribution is 9.11. The third-order valence-electron chi connectivity index (χ3n) is 14.0. The van der Waals surface area contributed by atoms with Gasteiger partial charge in [-0.25, -0.2) is 89.2 Å². The first-order chi connectivity index (χ1) is 51.9. The van der Waals surface area contributed by atoms with Crippen molar-refractivity contribution in [2.24, 2.45) is 0 Å². The fourth-order valence-corrected chi connectivity index (χ4v) is 17.8. The summed E-state index contributed by atoms with van der Waals surface area (Å²) in [6.07, 6.45) is 16.2. The van der Waals surface area contributed by atoms with Crippen molar-refractivity contribution in [2.45, 2.75) is 84.0 Å². The van der Waals surface area contributed by atoms with E-state index >= 15 is 0 Å². The summed E-state index contributed by atoms with van der Waals surface area (Å²) >= 11 is 19.3. The first-order valence-electron chi connectivity index (χ1n) is 31.9. The van der Waals surface area contributed by atoms with Gasteiger partial charge in [0.25, 0.3) is 30.1 Å². The van der Waals surface area contributed by atoms with Crippen LogP contribution in [0.3, 0.4) is 0 Å². The van der Waals surface area contributed by atoms with Gasteiger partial charge in [0.2, 0.25) is 65.3 Å². The summed E-state index contributed by atoms with van der Waals surface area (Å²) in [6, 6.07) is 27.9. The highest BCUT2D eigenvalue weighted by Gasteiger charge is 2.36. The first kappa shape index (κ1) is 91.5. The molecule has 0 atom stereocenters. The Morgan fingerprint density at radius 2 is 0.664 bits per heavy atom. The second-order valence-electron chi connectivity index (χ2n) is 22.4. The van der Waals surface area contributed by atoms with Crippen molar-refractivity contribution in [2.75, 3.05) is 76.2 Å². The van der Waals surface area contributed by atoms with Gasteiger partial charge in [0, 0.05) is 70.1 Å². The SMILES string of the molecule is CCOc1ncc(Br)cc1NS(=O)(=O)c1ccc(F)cc1F.CCOc1ncc(Br)cc1NS(=O)(=O)c1ccccc1.COc1ncc(Br)cc1NS(=O)(=O)C1CC1.COc1ncc(Br)cc1NS(=O)(=O)C1CCCCC1.COc1ncc(Br)cc1NS(=O)(=O)c1ccccc1.COc1ncc(Br)cc1NS(C)(=O)=O. The third-order valence-corrected chi connectivity index (χ3v) is 25.1. The molecule has 11 rings (SSSR count). The molecule has 0 unspecified atom stereocenters. The molecule has 9 aromatic rings. The lowest BCUT2D eigenvalue weighted by Crippen LogP contribution is -2.29. The molecule has 110 heavy (non-hydrogen) atoms. The fraction of sp³-hybridized carbons (Fsp3) is 0.273. The normalized spacial score (nSPS) is 12.9. The molecular formula is C66H72Br6F2N12O18S6. The predicted octanol–water partition coefficient (Wildman–Crippen LogP) is 14.9. The van der Waals surface area contributed by atoms with Gasteiger partial charge in [-0.2, -0.15) is 0 Å². The molecule has 2 aliphatic carbocycles. The average Bonchev–Trinajstić information content (AvgIpc) is 1.17. The number of aromatic nitrogens is 6. The van der Waals surface area contributed by atoms with Gasteiger partial charge in [-0.05, 0) is 208 Å². The quantitative estimate of drug-likeness (QED) is 0.0309. The van der Waals surface area contributed by atoms with E-state index in [0.29, 0.717) is 62.3 Å². The number of anilines is 6. The van der Waals surface area contributed by atoms with Crippen LogP contribution in [0.15, 0.2) is 194 Å². The van der Waals surface area contributed by atoms with Gasteiger partial charge in [0.1, 0.15) is 50.7 Å². The molecular weight excluding hydrogens is 1960 g/mol. The van der Waals surface area contributed by atoms with Crippen molar-refractivity contribution < 1.29 is 87.7 Å². The van der Waals surface area contributed by atoms with Crippen LogP contribution in [0.5, 0.6) is 35.3 Å². The second-order valence-corrected chi connectivity index (χ2v) is 38.5. The maximum Gasteiger partial charge on any atom is 0.264 e. The molecule has 2 aliphatic rings. The number of hydrogen-bond donors (Lipinski definition) is 6. The summed E-state index contributed by atoms with van der Waals surface area (Å²) < 4.78 is 219. The van der Waals surface area contributed by atoms with Crippen molar-refractivity contribution in [3.05, 3.63) is 191 Å². The molecule has 30 nitrogen and oxygen atoms in total. The van der Waals surface area contributed by atoms with Gasteiger partial charge in [0.05, 0.1) is 68.2 Å². The minimum atomic E-state index is -4.25. The number of nitrogens with zero attached hydrogens (tertiary/aromatic N) is 6. The van der Waals surface area contributed by atoms with E-state index in [-0.39, 0.29) is 73.6 Å². The van der Waals surface area contributed by atoms with Crippen LogP contribution < -0.4 is 56.8 Å². The Bertz CT molecular complexity index is 5330. The zero-order chi connectivity index (χ0) is 81.2. The van der Waals surface area contributed by atoms with Crippen LogP contribution in [0.2, 0.25) is 0 Å². The zero-order valence-electron chi connectivity index (χ0n) is 59.0. The van der Waals surface area contributed by atoms with Crippen LogP contribution in [0.25, 0.3) is 0 Å². The fourth-order valence-electron chi connectivity index (χ4n) is 9.08. The molecule has 2 fully saturated rings. The van der Waals surface area contributed by atoms with Gasteiger partial charge in [-0.15, -0.1) is 0 Å². The number of sulfonamides is 6. The first-order valence-corrected chi connectivity index (χ1v) is 46.0. The Morgan fingerprint density at radius 1 is 0.373 bits per heavy atom. The topological polar surface area (TPSA) is 410 Å². The van der Waals surface area contributed by atoms with Gasteiger partial charge < -0.3 is 28.4 Å². The highest BCUT2D eigenvalue weighted by atomic mass is 79.9. The Morgan fingerprint density at radius 3 is 0.964 bits per heavy atom. The van der Waals surface area contributed by atoms with Crippen LogP contribution in [0, 0.1) is 11.6 Å². The van der Waals surface area contributed by atoms with Crippen LogP contribution >= 0.6 is 95.6 Å². The molecule has 3 aromatic carbocycles. The molecule has 6 N–H and O–H groups in total. The zero-order valence-corrected chi connectivity index (χ0v) is 73.4. The molecule has 0 saturated heterocycles. The van der Waals surface area contributed by atoms with Crippen molar-refractivity contribution in [3.63, 3.8) is 0 Å². The van der Waals surface area contributed by atoms with Gasteiger partial charge in [-0.3, -0.25) is 28.3 Å². The summed E-state index contributed by atoms with van der Waals surface area (Å²) in [5.74, 6) is -0.757. The van der Waals surface area contributed by atoms with Crippen LogP contribution in [0.1, 0.15) is 58.8 Å². The van der Waals surface area contributed by atoms with Crippen LogP contribution in [-0.4, -0.2) is 139 Å². The number of hydrogen-bond acceptors (Lipinski definition) is 24. The molecule has 0 bridgehead atoms. The molecule has 0 radical (unpaired) electrons. The summed E-state index contributed by atoms with van der Waals surface area (Å²) in [4.78, 5) is 23.5. The van der Waals surface area contributed by atoms with Crippen molar-refractivity contribution in [1.82, 2.24) is 29.9 Å². The molecule has 0 spiro atoms.